The number of rotatable bonds is 10. The first-order valence-corrected chi connectivity index (χ1v) is 7.40. The molecule has 1 aromatic carbocycles. The summed E-state index contributed by atoms with van der Waals surface area (Å²) < 4.78 is 11.5. The molecule has 0 aliphatic rings. The Morgan fingerprint density at radius 1 is 0.947 bits per heavy atom. The number of hydrogen-bond donors (Lipinski definition) is 1. The summed E-state index contributed by atoms with van der Waals surface area (Å²) in [6.07, 6.45) is 5.25. The third-order valence-corrected chi connectivity index (χ3v) is 2.85. The van der Waals surface area contributed by atoms with Crippen LogP contribution in [0.4, 0.5) is 0 Å². The minimum absolute atomic E-state index is 0.731. The molecule has 0 radical (unpaired) electrons. The zero-order valence-electron chi connectivity index (χ0n) is 12.3. The molecule has 0 fully saturated rings. The van der Waals surface area contributed by atoms with E-state index in [0.29, 0.717) is 0 Å². The predicted octanol–water partition coefficient (Wildman–Crippen LogP) is 3.55. The monoisotopic (exact) mass is 265 g/mol. The van der Waals surface area contributed by atoms with Crippen molar-refractivity contribution in [2.75, 3.05) is 19.8 Å². The van der Waals surface area contributed by atoms with Gasteiger partial charge in [0.25, 0.3) is 0 Å². The van der Waals surface area contributed by atoms with Crippen molar-refractivity contribution in [3.63, 3.8) is 0 Å². The van der Waals surface area contributed by atoms with Gasteiger partial charge in [-0.15, -0.1) is 0 Å². The summed E-state index contributed by atoms with van der Waals surface area (Å²) in [5, 5.41) is 0. The van der Waals surface area contributed by atoms with Crippen LogP contribution in [-0.2, 0) is 6.42 Å². The Labute approximate surface area is 117 Å². The molecule has 0 unspecified atom stereocenters. The van der Waals surface area contributed by atoms with E-state index in [2.05, 4.69) is 26.0 Å². The third kappa shape index (κ3) is 5.97. The molecule has 1 rings (SSSR count). The number of hydrogen-bond acceptors (Lipinski definition) is 3. The lowest BCUT2D eigenvalue weighted by Gasteiger charge is -2.13. The molecule has 1 aromatic rings. The van der Waals surface area contributed by atoms with Crippen LogP contribution in [0.1, 0.15) is 45.1 Å². The molecule has 0 aliphatic heterocycles. The third-order valence-electron chi connectivity index (χ3n) is 2.85. The van der Waals surface area contributed by atoms with E-state index in [1.807, 2.05) is 6.07 Å². The Bertz CT molecular complexity index is 353. The van der Waals surface area contributed by atoms with Crippen molar-refractivity contribution in [2.45, 2.75) is 46.0 Å². The summed E-state index contributed by atoms with van der Waals surface area (Å²) in [6.45, 7) is 6.44. The summed E-state index contributed by atoms with van der Waals surface area (Å²) in [6, 6.07) is 6.26. The van der Waals surface area contributed by atoms with Gasteiger partial charge in [0.2, 0.25) is 0 Å². The fourth-order valence-electron chi connectivity index (χ4n) is 1.84. The number of unbranched alkanes of at least 4 members (excludes halogenated alkanes) is 1. The van der Waals surface area contributed by atoms with Crippen molar-refractivity contribution in [1.29, 1.82) is 0 Å². The van der Waals surface area contributed by atoms with E-state index < -0.39 is 0 Å². The SMILES string of the molecule is CCCOc1ccc(CCCCN)cc1OCCC. The van der Waals surface area contributed by atoms with Gasteiger partial charge in [0.15, 0.2) is 11.5 Å². The average molecular weight is 265 g/mol. The highest BCUT2D eigenvalue weighted by atomic mass is 16.5. The van der Waals surface area contributed by atoms with Crippen LogP contribution in [0.25, 0.3) is 0 Å². The molecule has 0 aromatic heterocycles. The first-order chi connectivity index (χ1) is 9.31. The van der Waals surface area contributed by atoms with Crippen molar-refractivity contribution in [2.24, 2.45) is 5.73 Å². The van der Waals surface area contributed by atoms with E-state index in [1.54, 1.807) is 0 Å². The van der Waals surface area contributed by atoms with Gasteiger partial charge in [-0.25, -0.2) is 0 Å². The molecule has 3 heteroatoms. The highest BCUT2D eigenvalue weighted by Gasteiger charge is 2.06. The zero-order chi connectivity index (χ0) is 13.9. The maximum atomic E-state index is 5.78. The van der Waals surface area contributed by atoms with Gasteiger partial charge in [0.05, 0.1) is 13.2 Å². The van der Waals surface area contributed by atoms with Crippen LogP contribution in [0.15, 0.2) is 18.2 Å². The van der Waals surface area contributed by atoms with Crippen LogP contribution in [0.2, 0.25) is 0 Å². The first-order valence-electron chi connectivity index (χ1n) is 7.40. The topological polar surface area (TPSA) is 44.5 Å². The highest BCUT2D eigenvalue weighted by Crippen LogP contribution is 2.29. The van der Waals surface area contributed by atoms with Gasteiger partial charge >= 0.3 is 0 Å². The molecule has 0 bridgehead atoms. The molecule has 0 saturated heterocycles. The maximum absolute atomic E-state index is 5.78. The van der Waals surface area contributed by atoms with Crippen LogP contribution >= 0.6 is 0 Å². The fourth-order valence-corrected chi connectivity index (χ4v) is 1.84. The molecule has 0 amide bonds. The lowest BCUT2D eigenvalue weighted by molar-refractivity contribution is 0.268. The molecular weight excluding hydrogens is 238 g/mol. The molecule has 0 atom stereocenters. The number of benzene rings is 1. The lowest BCUT2D eigenvalue weighted by atomic mass is 10.1. The lowest BCUT2D eigenvalue weighted by Crippen LogP contribution is -2.02. The Morgan fingerprint density at radius 3 is 2.26 bits per heavy atom. The van der Waals surface area contributed by atoms with E-state index in [0.717, 1.165) is 63.4 Å². The van der Waals surface area contributed by atoms with Crippen molar-refractivity contribution in [3.05, 3.63) is 23.8 Å². The molecule has 108 valence electrons. The first kappa shape index (κ1) is 15.8. The smallest absolute Gasteiger partial charge is 0.161 e. The van der Waals surface area contributed by atoms with Crippen LogP contribution < -0.4 is 15.2 Å². The Kier molecular flexibility index (Phi) is 8.07. The number of nitrogens with two attached hydrogens (primary N) is 1. The fraction of sp³-hybridized carbons (Fsp3) is 0.625. The van der Waals surface area contributed by atoms with Gasteiger partial charge in [-0.1, -0.05) is 19.9 Å². The Balaban J connectivity index is 2.69. The van der Waals surface area contributed by atoms with Crippen molar-refractivity contribution in [1.82, 2.24) is 0 Å². The van der Waals surface area contributed by atoms with Gasteiger partial charge in [0, 0.05) is 0 Å². The highest BCUT2D eigenvalue weighted by molar-refractivity contribution is 5.43. The van der Waals surface area contributed by atoms with Gasteiger partial charge in [-0.3, -0.25) is 0 Å². The zero-order valence-corrected chi connectivity index (χ0v) is 12.3. The van der Waals surface area contributed by atoms with E-state index in [-0.39, 0.29) is 0 Å². The molecule has 2 N–H and O–H groups in total. The molecule has 0 spiro atoms. The van der Waals surface area contributed by atoms with Gasteiger partial charge < -0.3 is 15.2 Å². The van der Waals surface area contributed by atoms with Crippen LogP contribution in [0.3, 0.4) is 0 Å². The second-order valence-corrected chi connectivity index (χ2v) is 4.72. The average Bonchev–Trinajstić information content (AvgIpc) is 2.44. The second kappa shape index (κ2) is 9.68. The van der Waals surface area contributed by atoms with Crippen LogP contribution in [0, 0.1) is 0 Å². The van der Waals surface area contributed by atoms with Gasteiger partial charge in [-0.05, 0) is 56.3 Å². The minimum Gasteiger partial charge on any atom is -0.490 e. The number of aryl methyl sites for hydroxylation is 1. The summed E-state index contributed by atoms with van der Waals surface area (Å²) in [5.74, 6) is 1.73. The predicted molar refractivity (Wildman–Crippen MR) is 80.0 cm³/mol. The van der Waals surface area contributed by atoms with Crippen LogP contribution in [-0.4, -0.2) is 19.8 Å². The molecule has 0 aliphatic carbocycles. The molecule has 0 heterocycles. The van der Waals surface area contributed by atoms with Gasteiger partial charge in [-0.2, -0.15) is 0 Å². The summed E-state index contributed by atoms with van der Waals surface area (Å²) in [4.78, 5) is 0. The summed E-state index contributed by atoms with van der Waals surface area (Å²) in [7, 11) is 0. The van der Waals surface area contributed by atoms with E-state index in [1.165, 1.54) is 5.56 Å². The molecule has 3 nitrogen and oxygen atoms in total. The Morgan fingerprint density at radius 2 is 1.63 bits per heavy atom. The molecular formula is C16H27NO2. The Hall–Kier alpha value is -1.22. The van der Waals surface area contributed by atoms with Crippen molar-refractivity contribution >= 4 is 0 Å². The largest absolute Gasteiger partial charge is 0.490 e. The van der Waals surface area contributed by atoms with E-state index >= 15 is 0 Å². The van der Waals surface area contributed by atoms with E-state index in [9.17, 15) is 0 Å². The summed E-state index contributed by atoms with van der Waals surface area (Å²) >= 11 is 0. The molecule has 19 heavy (non-hydrogen) atoms. The minimum atomic E-state index is 0.731. The summed E-state index contributed by atoms with van der Waals surface area (Å²) in [5.41, 5.74) is 6.82. The quantitative estimate of drug-likeness (QED) is 0.658. The standard InChI is InChI=1S/C16H27NO2/c1-3-11-18-15-9-8-14(7-5-6-10-17)13-16(15)19-12-4-2/h8-9,13H,3-7,10-12,17H2,1-2H3. The van der Waals surface area contributed by atoms with Crippen LogP contribution in [0.5, 0.6) is 11.5 Å². The van der Waals surface area contributed by atoms with Gasteiger partial charge in [0.1, 0.15) is 0 Å². The van der Waals surface area contributed by atoms with Crippen molar-refractivity contribution in [3.8, 4) is 11.5 Å². The maximum Gasteiger partial charge on any atom is 0.161 e. The second-order valence-electron chi connectivity index (χ2n) is 4.72. The number of ether oxygens (including phenoxy) is 2. The molecule has 0 saturated carbocycles. The van der Waals surface area contributed by atoms with E-state index in [4.69, 9.17) is 15.2 Å². The van der Waals surface area contributed by atoms with Crippen molar-refractivity contribution < 1.29 is 9.47 Å². The normalized spacial score (nSPS) is 10.5.